The molecule has 0 radical (unpaired) electrons. The molecule has 2 aromatic carbocycles. The van der Waals surface area contributed by atoms with E-state index in [2.05, 4.69) is 20.3 Å². The topological polar surface area (TPSA) is 89.8 Å². The van der Waals surface area contributed by atoms with Crippen LogP contribution in [-0.2, 0) is 11.3 Å². The normalized spacial score (nSPS) is 12.0. The van der Waals surface area contributed by atoms with E-state index in [1.54, 1.807) is 24.3 Å². The number of benzene rings is 2. The van der Waals surface area contributed by atoms with Crippen LogP contribution in [0.4, 0.5) is 10.1 Å². The molecule has 0 aliphatic heterocycles. The van der Waals surface area contributed by atoms with E-state index < -0.39 is 17.0 Å². The Morgan fingerprint density at radius 2 is 1.88 bits per heavy atom. The van der Waals surface area contributed by atoms with Crippen molar-refractivity contribution in [2.45, 2.75) is 30.3 Å². The predicted octanol–water partition coefficient (Wildman–Crippen LogP) is 4.54. The van der Waals surface area contributed by atoms with Crippen molar-refractivity contribution < 1.29 is 9.18 Å². The van der Waals surface area contributed by atoms with E-state index in [9.17, 15) is 14.0 Å². The number of nitrogens with one attached hydrogen (secondary N) is 1. The zero-order valence-corrected chi connectivity index (χ0v) is 19.1. The van der Waals surface area contributed by atoms with Gasteiger partial charge < -0.3 is 5.32 Å². The molecule has 1 N–H and O–H groups in total. The zero-order chi connectivity index (χ0) is 23.4. The van der Waals surface area contributed by atoms with Gasteiger partial charge in [0.15, 0.2) is 16.3 Å². The van der Waals surface area contributed by atoms with Crippen molar-refractivity contribution in [3.05, 3.63) is 87.7 Å². The third-order valence-corrected chi connectivity index (χ3v) is 6.61. The lowest BCUT2D eigenvalue weighted by Gasteiger charge is -2.18. The summed E-state index contributed by atoms with van der Waals surface area (Å²) in [6, 6.07) is 13.1. The number of nitrogens with zero attached hydrogens (tertiary/aromatic N) is 4. The van der Waals surface area contributed by atoms with Crippen LogP contribution >= 0.6 is 23.4 Å². The second-order valence-electron chi connectivity index (χ2n) is 7.09. The minimum Gasteiger partial charge on any atom is -0.323 e. The zero-order valence-electron chi connectivity index (χ0n) is 17.5. The molecule has 0 aliphatic carbocycles. The Labute approximate surface area is 198 Å². The highest BCUT2D eigenvalue weighted by Gasteiger charge is 2.23. The van der Waals surface area contributed by atoms with Gasteiger partial charge in [0.25, 0.3) is 5.56 Å². The van der Waals surface area contributed by atoms with Gasteiger partial charge in [-0.15, -0.1) is 0 Å². The maximum absolute atomic E-state index is 14.0. The van der Waals surface area contributed by atoms with Crippen molar-refractivity contribution in [2.24, 2.45) is 0 Å². The third kappa shape index (κ3) is 5.04. The predicted molar refractivity (Wildman–Crippen MR) is 127 cm³/mol. The van der Waals surface area contributed by atoms with Crippen LogP contribution in [0.3, 0.4) is 0 Å². The van der Waals surface area contributed by atoms with Crippen LogP contribution in [0.5, 0.6) is 0 Å². The lowest BCUT2D eigenvalue weighted by Crippen LogP contribution is -2.29. The molecular formula is C23H19ClFN5O2S. The number of carbonyl (C=O) groups is 1. The summed E-state index contributed by atoms with van der Waals surface area (Å²) < 4.78 is 15.4. The molecule has 0 unspecified atom stereocenters. The molecule has 0 fully saturated rings. The summed E-state index contributed by atoms with van der Waals surface area (Å²) in [6.45, 7) is 1.97. The molecule has 0 saturated heterocycles. The number of para-hydroxylation sites is 1. The summed E-state index contributed by atoms with van der Waals surface area (Å²) in [5, 5.41) is 2.78. The Bertz CT molecular complexity index is 1380. The molecule has 1 amide bonds. The Hall–Kier alpha value is -3.30. The molecular weight excluding hydrogens is 465 g/mol. The van der Waals surface area contributed by atoms with Crippen molar-refractivity contribution in [3.8, 4) is 0 Å². The first kappa shape index (κ1) is 22.9. The van der Waals surface area contributed by atoms with E-state index in [4.69, 9.17) is 11.6 Å². The number of aromatic nitrogens is 4. The van der Waals surface area contributed by atoms with Gasteiger partial charge in [-0.2, -0.15) is 0 Å². The van der Waals surface area contributed by atoms with Crippen molar-refractivity contribution in [1.29, 1.82) is 0 Å². The smallest absolute Gasteiger partial charge is 0.282 e. The fraction of sp³-hybridized carbons (Fsp3) is 0.174. The van der Waals surface area contributed by atoms with Gasteiger partial charge in [0.1, 0.15) is 5.82 Å². The molecule has 33 heavy (non-hydrogen) atoms. The first-order chi connectivity index (χ1) is 16.0. The van der Waals surface area contributed by atoms with Crippen LogP contribution in [0.25, 0.3) is 11.2 Å². The van der Waals surface area contributed by atoms with Gasteiger partial charge in [-0.25, -0.2) is 19.3 Å². The maximum atomic E-state index is 14.0. The number of thioether (sulfide) groups is 1. The molecule has 2 heterocycles. The van der Waals surface area contributed by atoms with Crippen molar-refractivity contribution in [1.82, 2.24) is 19.5 Å². The van der Waals surface area contributed by atoms with Gasteiger partial charge in [0.2, 0.25) is 5.91 Å². The largest absolute Gasteiger partial charge is 0.323 e. The molecule has 7 nitrogen and oxygen atoms in total. The summed E-state index contributed by atoms with van der Waals surface area (Å²) >= 11 is 7.42. The third-order valence-electron chi connectivity index (χ3n) is 4.89. The van der Waals surface area contributed by atoms with E-state index in [-0.39, 0.29) is 29.0 Å². The molecule has 1 atom stereocenters. The minimum atomic E-state index is -0.636. The number of fused-ring (bicyclic) bond motifs is 1. The van der Waals surface area contributed by atoms with E-state index in [0.29, 0.717) is 16.6 Å². The lowest BCUT2D eigenvalue weighted by molar-refractivity contribution is -0.115. The van der Waals surface area contributed by atoms with Gasteiger partial charge in [0, 0.05) is 17.4 Å². The van der Waals surface area contributed by atoms with Gasteiger partial charge >= 0.3 is 0 Å². The average molecular weight is 484 g/mol. The Balaban J connectivity index is 1.72. The van der Waals surface area contributed by atoms with Crippen molar-refractivity contribution in [3.63, 3.8) is 0 Å². The van der Waals surface area contributed by atoms with Gasteiger partial charge in [-0.3, -0.25) is 14.2 Å². The highest BCUT2D eigenvalue weighted by atomic mass is 35.5. The number of hydrogen-bond donors (Lipinski definition) is 1. The summed E-state index contributed by atoms with van der Waals surface area (Å²) in [7, 11) is 0. The van der Waals surface area contributed by atoms with E-state index in [1.165, 1.54) is 29.1 Å². The lowest BCUT2D eigenvalue weighted by atomic mass is 10.2. The average Bonchev–Trinajstić information content (AvgIpc) is 2.82. The molecule has 2 aromatic heterocycles. The van der Waals surface area contributed by atoms with Crippen molar-refractivity contribution in [2.75, 3.05) is 5.32 Å². The molecule has 0 saturated carbocycles. The molecule has 0 bridgehead atoms. The van der Waals surface area contributed by atoms with Gasteiger partial charge in [0.05, 0.1) is 17.5 Å². The summed E-state index contributed by atoms with van der Waals surface area (Å²) in [5.41, 5.74) is 0.728. The molecule has 4 rings (SSSR count). The maximum Gasteiger partial charge on any atom is 0.282 e. The second kappa shape index (κ2) is 10.1. The van der Waals surface area contributed by atoms with E-state index in [0.717, 1.165) is 17.3 Å². The van der Waals surface area contributed by atoms with Gasteiger partial charge in [-0.1, -0.05) is 60.6 Å². The van der Waals surface area contributed by atoms with Crippen LogP contribution in [0, 0.1) is 5.82 Å². The van der Waals surface area contributed by atoms with E-state index >= 15 is 0 Å². The van der Waals surface area contributed by atoms with Crippen LogP contribution in [0.2, 0.25) is 5.02 Å². The number of anilines is 1. The number of halogens is 2. The molecule has 168 valence electrons. The molecule has 0 spiro atoms. The quantitative estimate of drug-likeness (QED) is 0.306. The van der Waals surface area contributed by atoms with Crippen LogP contribution < -0.4 is 10.9 Å². The molecule has 4 aromatic rings. The van der Waals surface area contributed by atoms with E-state index in [1.807, 2.05) is 19.1 Å². The number of rotatable bonds is 7. The summed E-state index contributed by atoms with van der Waals surface area (Å²) in [4.78, 5) is 38.9. The monoisotopic (exact) mass is 483 g/mol. The Kier molecular flexibility index (Phi) is 7.00. The number of amides is 1. The highest BCUT2D eigenvalue weighted by Crippen LogP contribution is 2.27. The number of carbonyl (C=O) groups excluding carboxylic acids is 1. The minimum absolute atomic E-state index is 0.0901. The molecule has 10 heteroatoms. The fourth-order valence-electron chi connectivity index (χ4n) is 3.18. The highest BCUT2D eigenvalue weighted by molar-refractivity contribution is 8.00. The summed E-state index contributed by atoms with van der Waals surface area (Å²) in [6.07, 6.45) is 3.30. The van der Waals surface area contributed by atoms with Crippen LogP contribution in [-0.4, -0.2) is 30.7 Å². The first-order valence-electron chi connectivity index (χ1n) is 10.1. The Morgan fingerprint density at radius 3 is 2.64 bits per heavy atom. The second-order valence-corrected chi connectivity index (χ2v) is 8.67. The SMILES string of the molecule is CC[C@@H](Sc1nc2nccnc2c(=O)n1Cc1ccccc1Cl)C(=O)Nc1ccccc1F. The first-order valence-corrected chi connectivity index (χ1v) is 11.4. The van der Waals surface area contributed by atoms with Crippen molar-refractivity contribution >= 4 is 46.1 Å². The van der Waals surface area contributed by atoms with Crippen LogP contribution in [0.1, 0.15) is 18.9 Å². The number of hydrogen-bond acceptors (Lipinski definition) is 6. The fourth-order valence-corrected chi connectivity index (χ4v) is 4.38. The van der Waals surface area contributed by atoms with Crippen LogP contribution in [0.15, 0.2) is 70.9 Å². The standard InChI is InChI=1S/C23H19ClFN5O2S/c1-2-18(21(31)28-17-10-6-5-9-16(17)25)33-23-29-20-19(26-11-12-27-20)22(32)30(23)13-14-7-3-4-8-15(14)24/h3-12,18H,2,13H2,1H3,(H,28,31)/t18-/m1/s1. The molecule has 0 aliphatic rings. The summed E-state index contributed by atoms with van der Waals surface area (Å²) in [5.74, 6) is -0.925. The van der Waals surface area contributed by atoms with Gasteiger partial charge in [-0.05, 0) is 30.2 Å². The Morgan fingerprint density at radius 1 is 1.15 bits per heavy atom.